The van der Waals surface area contributed by atoms with E-state index in [1.54, 1.807) is 25.4 Å². The van der Waals surface area contributed by atoms with Crippen LogP contribution in [0.4, 0.5) is 5.69 Å². The number of rotatable bonds is 4. The highest BCUT2D eigenvalue weighted by Gasteiger charge is 2.10. The quantitative estimate of drug-likeness (QED) is 0.671. The molecule has 126 valence electrons. The lowest BCUT2D eigenvalue weighted by Gasteiger charge is -2.09. The Bertz CT molecular complexity index is 980. The van der Waals surface area contributed by atoms with Crippen molar-refractivity contribution in [3.05, 3.63) is 87.3 Å². The van der Waals surface area contributed by atoms with Gasteiger partial charge in [0.2, 0.25) is 0 Å². The average Bonchev–Trinajstić information content (AvgIpc) is 2.63. The van der Waals surface area contributed by atoms with Crippen molar-refractivity contribution in [1.29, 1.82) is 0 Å². The van der Waals surface area contributed by atoms with Crippen molar-refractivity contribution in [3.8, 4) is 0 Å². The maximum atomic E-state index is 12.8. The number of aryl methyl sites for hydroxylation is 1. The van der Waals surface area contributed by atoms with Gasteiger partial charge in [-0.25, -0.2) is 9.98 Å². The summed E-state index contributed by atoms with van der Waals surface area (Å²) in [5.74, 6) is 0. The smallest absolute Gasteiger partial charge is 0.279 e. The first kappa shape index (κ1) is 17.0. The Hall–Kier alpha value is -2.79. The number of pyridine rings is 1. The SMILES string of the molecule is C/C(=N\c1c(C)ncn(Cc2ccccc2Cl)c1=O)c1ccncc1. The van der Waals surface area contributed by atoms with Gasteiger partial charge >= 0.3 is 0 Å². The molecule has 0 radical (unpaired) electrons. The summed E-state index contributed by atoms with van der Waals surface area (Å²) in [5.41, 5.74) is 3.24. The van der Waals surface area contributed by atoms with E-state index in [1.165, 1.54) is 10.9 Å². The van der Waals surface area contributed by atoms with E-state index in [0.29, 0.717) is 22.9 Å². The Labute approximate surface area is 150 Å². The van der Waals surface area contributed by atoms with Gasteiger partial charge in [0, 0.05) is 23.1 Å². The van der Waals surface area contributed by atoms with Crippen LogP contribution in [0.5, 0.6) is 0 Å². The van der Waals surface area contributed by atoms with Crippen molar-refractivity contribution in [2.24, 2.45) is 4.99 Å². The predicted molar refractivity (Wildman–Crippen MR) is 99.9 cm³/mol. The fourth-order valence-electron chi connectivity index (χ4n) is 2.44. The lowest BCUT2D eigenvalue weighted by Crippen LogP contribution is -2.22. The number of benzene rings is 1. The van der Waals surface area contributed by atoms with E-state index in [-0.39, 0.29) is 5.56 Å². The van der Waals surface area contributed by atoms with Gasteiger partial charge < -0.3 is 0 Å². The zero-order valence-electron chi connectivity index (χ0n) is 14.0. The summed E-state index contributed by atoms with van der Waals surface area (Å²) >= 11 is 6.19. The molecule has 0 N–H and O–H groups in total. The molecule has 0 spiro atoms. The van der Waals surface area contributed by atoms with Crippen molar-refractivity contribution in [2.75, 3.05) is 0 Å². The number of hydrogen-bond acceptors (Lipinski definition) is 4. The molecular formula is C19H17ClN4O. The molecular weight excluding hydrogens is 336 g/mol. The number of aliphatic imine (C=N–C) groups is 1. The summed E-state index contributed by atoms with van der Waals surface area (Å²) in [4.78, 5) is 25.7. The second kappa shape index (κ2) is 7.40. The Kier molecular flexibility index (Phi) is 5.05. The van der Waals surface area contributed by atoms with E-state index < -0.39 is 0 Å². The van der Waals surface area contributed by atoms with Gasteiger partial charge in [-0.15, -0.1) is 0 Å². The zero-order chi connectivity index (χ0) is 17.8. The summed E-state index contributed by atoms with van der Waals surface area (Å²) in [7, 11) is 0. The van der Waals surface area contributed by atoms with Gasteiger partial charge in [0.1, 0.15) is 5.69 Å². The highest BCUT2D eigenvalue weighted by molar-refractivity contribution is 6.31. The van der Waals surface area contributed by atoms with E-state index >= 15 is 0 Å². The molecule has 0 unspecified atom stereocenters. The van der Waals surface area contributed by atoms with Crippen LogP contribution in [0.15, 0.2) is 64.9 Å². The third-order valence-corrected chi connectivity index (χ3v) is 4.24. The third kappa shape index (κ3) is 3.83. The molecule has 6 heteroatoms. The topological polar surface area (TPSA) is 60.1 Å². The van der Waals surface area contributed by atoms with Crippen LogP contribution in [0.3, 0.4) is 0 Å². The zero-order valence-corrected chi connectivity index (χ0v) is 14.7. The Morgan fingerprint density at radius 3 is 2.64 bits per heavy atom. The molecule has 25 heavy (non-hydrogen) atoms. The van der Waals surface area contributed by atoms with Crippen LogP contribution < -0.4 is 5.56 Å². The maximum Gasteiger partial charge on any atom is 0.279 e. The summed E-state index contributed by atoms with van der Waals surface area (Å²) in [5, 5.41) is 0.619. The highest BCUT2D eigenvalue weighted by atomic mass is 35.5. The van der Waals surface area contributed by atoms with Gasteiger partial charge in [-0.2, -0.15) is 0 Å². The second-order valence-corrected chi connectivity index (χ2v) is 6.04. The molecule has 0 amide bonds. The summed E-state index contributed by atoms with van der Waals surface area (Å²) in [6.07, 6.45) is 4.92. The van der Waals surface area contributed by atoms with Gasteiger partial charge in [-0.1, -0.05) is 29.8 Å². The first-order valence-corrected chi connectivity index (χ1v) is 8.19. The largest absolute Gasteiger partial charge is 0.293 e. The van der Waals surface area contributed by atoms with Gasteiger partial charge in [-0.3, -0.25) is 14.3 Å². The Morgan fingerprint density at radius 2 is 1.92 bits per heavy atom. The van der Waals surface area contributed by atoms with Crippen molar-refractivity contribution in [3.63, 3.8) is 0 Å². The van der Waals surface area contributed by atoms with Crippen LogP contribution in [-0.2, 0) is 6.54 Å². The lowest BCUT2D eigenvalue weighted by atomic mass is 10.2. The molecule has 0 atom stereocenters. The van der Waals surface area contributed by atoms with Crippen LogP contribution in [0.1, 0.15) is 23.7 Å². The molecule has 0 aliphatic rings. The maximum absolute atomic E-state index is 12.8. The molecule has 0 aliphatic heterocycles. The Morgan fingerprint density at radius 1 is 1.20 bits per heavy atom. The van der Waals surface area contributed by atoms with Gasteiger partial charge in [-0.05, 0) is 43.2 Å². The van der Waals surface area contributed by atoms with Gasteiger partial charge in [0.25, 0.3) is 5.56 Å². The van der Waals surface area contributed by atoms with Crippen LogP contribution in [-0.4, -0.2) is 20.2 Å². The first-order valence-electron chi connectivity index (χ1n) is 7.81. The molecule has 2 heterocycles. The van der Waals surface area contributed by atoms with Crippen molar-refractivity contribution < 1.29 is 0 Å². The second-order valence-electron chi connectivity index (χ2n) is 5.64. The summed E-state index contributed by atoms with van der Waals surface area (Å²) in [6.45, 7) is 3.99. The van der Waals surface area contributed by atoms with E-state index in [2.05, 4.69) is 15.0 Å². The van der Waals surface area contributed by atoms with Crippen molar-refractivity contribution in [1.82, 2.24) is 14.5 Å². The number of hydrogen-bond donors (Lipinski definition) is 0. The van der Waals surface area contributed by atoms with Crippen LogP contribution in [0, 0.1) is 6.92 Å². The molecule has 0 saturated heterocycles. The summed E-state index contributed by atoms with van der Waals surface area (Å²) in [6, 6.07) is 11.1. The minimum absolute atomic E-state index is 0.194. The molecule has 2 aromatic heterocycles. The van der Waals surface area contributed by atoms with Gasteiger partial charge in [0.15, 0.2) is 0 Å². The molecule has 1 aromatic carbocycles. The van der Waals surface area contributed by atoms with E-state index in [1.807, 2.05) is 37.3 Å². The van der Waals surface area contributed by atoms with E-state index in [0.717, 1.165) is 16.8 Å². The molecule has 0 bridgehead atoms. The number of aromatic nitrogens is 3. The Balaban J connectivity index is 2.01. The summed E-state index contributed by atoms with van der Waals surface area (Å²) < 4.78 is 1.52. The first-order chi connectivity index (χ1) is 12.1. The van der Waals surface area contributed by atoms with E-state index in [9.17, 15) is 4.79 Å². The van der Waals surface area contributed by atoms with Crippen LogP contribution >= 0.6 is 11.6 Å². The molecule has 0 saturated carbocycles. The average molecular weight is 353 g/mol. The fourth-order valence-corrected chi connectivity index (χ4v) is 2.63. The minimum atomic E-state index is -0.194. The van der Waals surface area contributed by atoms with Crippen LogP contribution in [0.25, 0.3) is 0 Å². The lowest BCUT2D eigenvalue weighted by molar-refractivity contribution is 0.731. The highest BCUT2D eigenvalue weighted by Crippen LogP contribution is 2.17. The third-order valence-electron chi connectivity index (χ3n) is 3.87. The molecule has 5 nitrogen and oxygen atoms in total. The number of halogens is 1. The molecule has 0 fully saturated rings. The van der Waals surface area contributed by atoms with Crippen LogP contribution in [0.2, 0.25) is 5.02 Å². The number of nitrogens with zero attached hydrogens (tertiary/aromatic N) is 4. The van der Waals surface area contributed by atoms with Gasteiger partial charge in [0.05, 0.1) is 18.6 Å². The van der Waals surface area contributed by atoms with E-state index in [4.69, 9.17) is 11.6 Å². The minimum Gasteiger partial charge on any atom is -0.293 e. The monoisotopic (exact) mass is 352 g/mol. The molecule has 3 aromatic rings. The molecule has 0 aliphatic carbocycles. The van der Waals surface area contributed by atoms with Crippen molar-refractivity contribution >= 4 is 23.0 Å². The normalized spacial score (nSPS) is 11.6. The fraction of sp³-hybridized carbons (Fsp3) is 0.158. The molecule has 3 rings (SSSR count). The predicted octanol–water partition coefficient (Wildman–Crippen LogP) is 3.79. The van der Waals surface area contributed by atoms with Crippen molar-refractivity contribution in [2.45, 2.75) is 20.4 Å². The standard InChI is InChI=1S/C19H17ClN4O/c1-13(15-7-9-21-10-8-15)23-18-14(2)22-12-24(19(18)25)11-16-5-3-4-6-17(16)20/h3-10,12H,11H2,1-2H3/b23-13+.